The van der Waals surface area contributed by atoms with Crippen LogP contribution < -0.4 is 53.7 Å². The first-order valence-electron chi connectivity index (χ1n) is 22.6. The number of amides is 10. The Morgan fingerprint density at radius 1 is 0.730 bits per heavy atom. The highest BCUT2D eigenvalue weighted by Crippen LogP contribution is 2.33. The molecule has 356 valence electrons. The van der Waals surface area contributed by atoms with Crippen LogP contribution in [0.2, 0.25) is 0 Å². The van der Waals surface area contributed by atoms with Gasteiger partial charge in [-0.3, -0.25) is 43.6 Å². The lowest BCUT2D eigenvalue weighted by Crippen LogP contribution is -2.56. The molecule has 3 rings (SSSR count). The summed E-state index contributed by atoms with van der Waals surface area (Å²) in [5.74, 6) is -4.31. The van der Waals surface area contributed by atoms with Crippen molar-refractivity contribution in [2.75, 3.05) is 25.4 Å². The first-order chi connectivity index (χ1) is 29.9. The van der Waals surface area contributed by atoms with Crippen LogP contribution in [0, 0.1) is 23.7 Å². The predicted molar refractivity (Wildman–Crippen MR) is 235 cm³/mol. The van der Waals surface area contributed by atoms with Gasteiger partial charge in [-0.25, -0.2) is 10.3 Å². The van der Waals surface area contributed by atoms with Gasteiger partial charge in [-0.15, -0.1) is 0 Å². The van der Waals surface area contributed by atoms with E-state index >= 15 is 0 Å². The second-order valence-electron chi connectivity index (χ2n) is 17.9. The number of unbranched alkanes of at least 4 members (excludes halogenated alkanes) is 2. The molecule has 20 nitrogen and oxygen atoms in total. The van der Waals surface area contributed by atoms with Crippen LogP contribution in [0.4, 0.5) is 4.79 Å². The highest BCUT2D eigenvalue weighted by atomic mass is 32.2. The van der Waals surface area contributed by atoms with Crippen molar-refractivity contribution >= 4 is 65.1 Å². The normalized spacial score (nSPS) is 20.0. The van der Waals surface area contributed by atoms with E-state index in [9.17, 15) is 43.2 Å². The van der Waals surface area contributed by atoms with Gasteiger partial charge in [0.25, 0.3) is 0 Å². The SMILES string of the molecule is CC(C)C[C@H](NC(=O)C(CC(=O)NO)CC1CCCC1)C(=O)N[C@@H](CC(C)C)C(=O)NCC(=O)NCC(=O)N[C@@H](CCCCNC(=O)CCCC[C@@H]1SC[C@@H]2NC(=O)N[C@@H]21)C(N)=O. The van der Waals surface area contributed by atoms with Crippen molar-refractivity contribution in [3.05, 3.63) is 0 Å². The Labute approximate surface area is 374 Å². The fraction of sp³-hybridized carbons (Fsp3) is 0.786. The quantitative estimate of drug-likeness (QED) is 0.0211. The zero-order chi connectivity index (χ0) is 46.5. The molecule has 12 N–H and O–H groups in total. The van der Waals surface area contributed by atoms with Gasteiger partial charge in [-0.05, 0) is 69.1 Å². The molecule has 7 atom stereocenters. The van der Waals surface area contributed by atoms with Crippen molar-refractivity contribution in [3.63, 3.8) is 0 Å². The molecule has 0 aromatic rings. The lowest BCUT2D eigenvalue weighted by molar-refractivity contribution is -0.137. The average molecular weight is 909 g/mol. The number of carbonyl (C=O) groups excluding carboxylic acids is 9. The molecule has 0 aromatic heterocycles. The molecule has 3 aliphatic rings. The molecule has 2 aliphatic heterocycles. The summed E-state index contributed by atoms with van der Waals surface area (Å²) in [5, 5.41) is 31.1. The summed E-state index contributed by atoms with van der Waals surface area (Å²) < 4.78 is 0. The van der Waals surface area contributed by atoms with E-state index in [0.29, 0.717) is 37.5 Å². The van der Waals surface area contributed by atoms with Crippen LogP contribution in [0.15, 0.2) is 0 Å². The van der Waals surface area contributed by atoms with Crippen LogP contribution >= 0.6 is 11.8 Å². The molecular formula is C42H72N10O10S. The second-order valence-corrected chi connectivity index (χ2v) is 19.2. The third-order valence-electron chi connectivity index (χ3n) is 11.6. The lowest BCUT2D eigenvalue weighted by Gasteiger charge is -2.27. The van der Waals surface area contributed by atoms with Crippen LogP contribution in [-0.4, -0.2) is 119 Å². The number of fused-ring (bicyclic) bond motifs is 1. The van der Waals surface area contributed by atoms with E-state index in [1.807, 2.05) is 39.5 Å². The van der Waals surface area contributed by atoms with Crippen molar-refractivity contribution in [1.29, 1.82) is 0 Å². The maximum Gasteiger partial charge on any atom is 0.315 e. The van der Waals surface area contributed by atoms with Crippen LogP contribution in [0.1, 0.15) is 124 Å². The van der Waals surface area contributed by atoms with Crippen LogP contribution in [0.5, 0.6) is 0 Å². The smallest absolute Gasteiger partial charge is 0.315 e. The molecular weight excluding hydrogens is 837 g/mol. The van der Waals surface area contributed by atoms with Crippen molar-refractivity contribution in [2.24, 2.45) is 29.4 Å². The number of primary amides is 1. The third-order valence-corrected chi connectivity index (χ3v) is 13.1. The maximum absolute atomic E-state index is 13.6. The van der Waals surface area contributed by atoms with Crippen LogP contribution in [0.25, 0.3) is 0 Å². The Hall–Kier alpha value is -4.66. The van der Waals surface area contributed by atoms with E-state index in [2.05, 4.69) is 42.5 Å². The van der Waals surface area contributed by atoms with Gasteiger partial charge in [0.15, 0.2) is 0 Å². The Kier molecular flexibility index (Phi) is 23.0. The summed E-state index contributed by atoms with van der Waals surface area (Å²) in [6.45, 7) is 6.86. The summed E-state index contributed by atoms with van der Waals surface area (Å²) in [4.78, 5) is 114. The molecule has 21 heteroatoms. The minimum absolute atomic E-state index is 0.0227. The number of urea groups is 1. The number of hydrogen-bond acceptors (Lipinski definition) is 11. The maximum atomic E-state index is 13.6. The van der Waals surface area contributed by atoms with E-state index in [1.54, 1.807) is 5.48 Å². The Balaban J connectivity index is 1.37. The largest absolute Gasteiger partial charge is 0.368 e. The number of nitrogens with one attached hydrogen (secondary N) is 9. The lowest BCUT2D eigenvalue weighted by atomic mass is 9.89. The molecule has 0 radical (unpaired) electrons. The average Bonchev–Trinajstić information content (AvgIpc) is 3.97. The van der Waals surface area contributed by atoms with Gasteiger partial charge in [-0.2, -0.15) is 11.8 Å². The molecule has 2 saturated heterocycles. The van der Waals surface area contributed by atoms with Crippen molar-refractivity contribution in [3.8, 4) is 0 Å². The van der Waals surface area contributed by atoms with Crippen molar-refractivity contribution < 1.29 is 48.4 Å². The van der Waals surface area contributed by atoms with E-state index < -0.39 is 78.5 Å². The summed E-state index contributed by atoms with van der Waals surface area (Å²) in [6.07, 6.45) is 8.79. The highest BCUT2D eigenvalue weighted by molar-refractivity contribution is 8.00. The Morgan fingerprint density at radius 2 is 1.38 bits per heavy atom. The van der Waals surface area contributed by atoms with Gasteiger partial charge >= 0.3 is 6.03 Å². The molecule has 10 amide bonds. The zero-order valence-electron chi connectivity index (χ0n) is 37.3. The number of thioether (sulfide) groups is 1. The molecule has 1 saturated carbocycles. The van der Waals surface area contributed by atoms with Crippen molar-refractivity contribution in [2.45, 2.75) is 159 Å². The molecule has 3 fully saturated rings. The van der Waals surface area contributed by atoms with Gasteiger partial charge < -0.3 is 48.3 Å². The zero-order valence-corrected chi connectivity index (χ0v) is 38.1. The molecule has 0 aromatic carbocycles. The predicted octanol–water partition coefficient (Wildman–Crippen LogP) is 0.355. The first-order valence-corrected chi connectivity index (χ1v) is 23.6. The monoisotopic (exact) mass is 909 g/mol. The summed E-state index contributed by atoms with van der Waals surface area (Å²) in [7, 11) is 0. The molecule has 2 heterocycles. The molecule has 1 unspecified atom stereocenters. The summed E-state index contributed by atoms with van der Waals surface area (Å²) >= 11 is 1.84. The minimum atomic E-state index is -1.06. The standard InChI is InChI=1S/C42H72N10O10S/c1-24(2)17-29(49-41(60)30(18-25(3)4)48-39(58)27(20-34(54)52-62)19-26-11-5-6-12-26)40(59)46-21-35(55)45-22-36(56)47-28(38(43)57)13-9-10-16-44-33(53)15-8-7-14-32-37-31(23-63-32)50-42(61)51-37/h24-32,37,62H,5-23H2,1-4H3,(H2,43,57)(H,44,53)(H,45,55)(H,46,59)(H,47,56)(H,48,58)(H,49,60)(H,52,54)(H2,50,51,61)/t27?,28-,29-,30-,31-,32-,37-/m0/s1. The molecule has 63 heavy (non-hydrogen) atoms. The van der Waals surface area contributed by atoms with Gasteiger partial charge in [0.05, 0.1) is 25.2 Å². The molecule has 0 spiro atoms. The Morgan fingerprint density at radius 3 is 2.03 bits per heavy atom. The van der Waals surface area contributed by atoms with Crippen LogP contribution in [0.3, 0.4) is 0 Å². The second kappa shape index (κ2) is 27.5. The number of rotatable bonds is 29. The third kappa shape index (κ3) is 19.7. The minimum Gasteiger partial charge on any atom is -0.368 e. The van der Waals surface area contributed by atoms with E-state index in [1.165, 1.54) is 0 Å². The molecule has 1 aliphatic carbocycles. The van der Waals surface area contributed by atoms with E-state index in [4.69, 9.17) is 10.9 Å². The topological polar surface area (TPSA) is 308 Å². The van der Waals surface area contributed by atoms with Gasteiger partial charge in [0.1, 0.15) is 18.1 Å². The number of carbonyl (C=O) groups is 9. The number of hydrogen-bond donors (Lipinski definition) is 11. The number of nitrogens with two attached hydrogens (primary N) is 1. The summed E-state index contributed by atoms with van der Waals surface area (Å²) in [5.41, 5.74) is 7.09. The van der Waals surface area contributed by atoms with Crippen LogP contribution in [-0.2, 0) is 38.4 Å². The van der Waals surface area contributed by atoms with Gasteiger partial charge in [0.2, 0.25) is 47.3 Å². The number of hydroxylamine groups is 1. The fourth-order valence-corrected chi connectivity index (χ4v) is 9.84. The van der Waals surface area contributed by atoms with E-state index in [-0.39, 0.29) is 67.5 Å². The highest BCUT2D eigenvalue weighted by Gasteiger charge is 2.42. The van der Waals surface area contributed by atoms with Crippen molar-refractivity contribution in [1.82, 2.24) is 48.0 Å². The summed E-state index contributed by atoms with van der Waals surface area (Å²) in [6, 6.07) is -2.88. The van der Waals surface area contributed by atoms with Gasteiger partial charge in [0, 0.05) is 36.3 Å². The first kappa shape index (κ1) is 52.7. The fourth-order valence-electron chi connectivity index (χ4n) is 8.30. The Bertz CT molecular complexity index is 1580. The molecule has 0 bridgehead atoms. The van der Waals surface area contributed by atoms with Gasteiger partial charge in [-0.1, -0.05) is 59.8 Å². The van der Waals surface area contributed by atoms with E-state index in [0.717, 1.165) is 50.7 Å².